The van der Waals surface area contributed by atoms with Crippen molar-refractivity contribution in [2.24, 2.45) is 5.41 Å². The first kappa shape index (κ1) is 12.3. The zero-order valence-electron chi connectivity index (χ0n) is 8.36. The Morgan fingerprint density at radius 2 is 1.73 bits per heavy atom. The number of rotatable bonds is 0. The molecule has 0 N–H and O–H groups in total. The zero-order chi connectivity index (χ0) is 10.2. The van der Waals surface area contributed by atoms with Gasteiger partial charge >= 0.3 is 5.71 Å². The van der Waals surface area contributed by atoms with Gasteiger partial charge < -0.3 is 5.53 Å². The summed E-state index contributed by atoms with van der Waals surface area (Å²) in [5.41, 5.74) is 7.83. The number of carbonyl (C=O) groups is 2. The van der Waals surface area contributed by atoms with Gasteiger partial charge in [-0.25, -0.2) is 0 Å². The van der Waals surface area contributed by atoms with E-state index in [2.05, 4.69) is 4.79 Å². The SMILES string of the molecule is Br.[N-]=[N+]=C1C(=O)CC2(CCCCC2)C1=O. The van der Waals surface area contributed by atoms with Crippen LogP contribution in [0.3, 0.4) is 0 Å². The van der Waals surface area contributed by atoms with Crippen molar-refractivity contribution in [1.82, 2.24) is 0 Å². The number of halogens is 1. The zero-order valence-corrected chi connectivity index (χ0v) is 10.1. The minimum absolute atomic E-state index is 0. The van der Waals surface area contributed by atoms with Gasteiger partial charge in [0.1, 0.15) is 0 Å². The highest BCUT2D eigenvalue weighted by molar-refractivity contribution is 8.93. The monoisotopic (exact) mass is 272 g/mol. The molecule has 2 saturated carbocycles. The van der Waals surface area contributed by atoms with Gasteiger partial charge in [0, 0.05) is 11.8 Å². The summed E-state index contributed by atoms with van der Waals surface area (Å²) < 4.78 is 0. The summed E-state index contributed by atoms with van der Waals surface area (Å²) in [6.07, 6.45) is 4.93. The van der Waals surface area contributed by atoms with Crippen LogP contribution in [-0.4, -0.2) is 22.1 Å². The molecule has 0 atom stereocenters. The highest BCUT2D eigenvalue weighted by atomic mass is 79.9. The minimum atomic E-state index is -0.503. The summed E-state index contributed by atoms with van der Waals surface area (Å²) in [6, 6.07) is 0. The molecule has 0 amide bonds. The van der Waals surface area contributed by atoms with Crippen molar-refractivity contribution < 1.29 is 14.4 Å². The number of hydrogen-bond acceptors (Lipinski definition) is 2. The van der Waals surface area contributed by atoms with Crippen molar-refractivity contribution in [3.05, 3.63) is 5.53 Å². The molecular formula is C10H13BrN2O2. The average molecular weight is 273 g/mol. The van der Waals surface area contributed by atoms with Crippen LogP contribution < -0.4 is 0 Å². The van der Waals surface area contributed by atoms with E-state index in [0.717, 1.165) is 32.1 Å². The number of Topliss-reactive ketones (excluding diaryl/α,β-unsaturated/α-hetero) is 2. The number of hydrogen-bond donors (Lipinski definition) is 0. The van der Waals surface area contributed by atoms with Crippen molar-refractivity contribution >= 4 is 34.3 Å². The first-order valence-corrected chi connectivity index (χ1v) is 5.00. The maximum Gasteiger partial charge on any atom is 0.400 e. The highest BCUT2D eigenvalue weighted by Crippen LogP contribution is 2.43. The van der Waals surface area contributed by atoms with E-state index in [0.29, 0.717) is 0 Å². The lowest BCUT2D eigenvalue weighted by atomic mass is 9.72. The van der Waals surface area contributed by atoms with E-state index in [1.54, 1.807) is 0 Å². The predicted molar refractivity (Wildman–Crippen MR) is 59.1 cm³/mol. The maximum absolute atomic E-state index is 11.8. The van der Waals surface area contributed by atoms with E-state index >= 15 is 0 Å². The third-order valence-corrected chi connectivity index (χ3v) is 3.37. The molecule has 0 aromatic heterocycles. The molecule has 0 aromatic rings. The van der Waals surface area contributed by atoms with Crippen LogP contribution in [-0.2, 0) is 9.59 Å². The third-order valence-electron chi connectivity index (χ3n) is 3.37. The van der Waals surface area contributed by atoms with Crippen molar-refractivity contribution in [2.45, 2.75) is 38.5 Å². The smallest absolute Gasteiger partial charge is 0.360 e. The fourth-order valence-corrected chi connectivity index (χ4v) is 2.58. The summed E-state index contributed by atoms with van der Waals surface area (Å²) in [4.78, 5) is 26.0. The molecule has 2 aliphatic carbocycles. The maximum atomic E-state index is 11.8. The Hall–Kier alpha value is -0.800. The van der Waals surface area contributed by atoms with Crippen LogP contribution in [0.15, 0.2) is 0 Å². The van der Waals surface area contributed by atoms with Gasteiger partial charge in [0.05, 0.1) is 0 Å². The lowest BCUT2D eigenvalue weighted by Gasteiger charge is -2.28. The molecule has 2 aliphatic rings. The van der Waals surface area contributed by atoms with Gasteiger partial charge in [0.15, 0.2) is 0 Å². The Kier molecular flexibility index (Phi) is 3.58. The van der Waals surface area contributed by atoms with Crippen LogP contribution in [0.2, 0.25) is 0 Å². The van der Waals surface area contributed by atoms with E-state index in [-0.39, 0.29) is 40.7 Å². The van der Waals surface area contributed by atoms with E-state index in [1.165, 1.54) is 0 Å². The second-order valence-corrected chi connectivity index (χ2v) is 4.22. The van der Waals surface area contributed by atoms with Crippen LogP contribution >= 0.6 is 17.0 Å². The molecule has 15 heavy (non-hydrogen) atoms. The van der Waals surface area contributed by atoms with Crippen LogP contribution in [0.4, 0.5) is 0 Å². The number of ketones is 2. The predicted octanol–water partition coefficient (Wildman–Crippen LogP) is 1.73. The van der Waals surface area contributed by atoms with Gasteiger partial charge in [-0.15, -0.1) is 17.0 Å². The molecule has 0 unspecified atom stereocenters. The second kappa shape index (κ2) is 4.37. The lowest BCUT2D eigenvalue weighted by molar-refractivity contribution is -0.125. The molecule has 2 fully saturated rings. The third kappa shape index (κ3) is 1.82. The van der Waals surface area contributed by atoms with Gasteiger partial charge in [0.25, 0.3) is 5.78 Å². The molecule has 0 bridgehead atoms. The summed E-state index contributed by atoms with van der Waals surface area (Å²) in [6.45, 7) is 0. The standard InChI is InChI=1S/C10H12N2O2.BrH/c11-12-8-7(13)6-10(9(8)14)4-2-1-3-5-10;/h1-6H2;1H. The fourth-order valence-electron chi connectivity index (χ4n) is 2.58. The lowest BCUT2D eigenvalue weighted by Crippen LogP contribution is -2.31. The Morgan fingerprint density at radius 1 is 1.13 bits per heavy atom. The highest BCUT2D eigenvalue weighted by Gasteiger charge is 2.55. The molecule has 0 heterocycles. The van der Waals surface area contributed by atoms with Crippen molar-refractivity contribution in [1.29, 1.82) is 0 Å². The van der Waals surface area contributed by atoms with Crippen molar-refractivity contribution in [2.75, 3.05) is 0 Å². The van der Waals surface area contributed by atoms with Gasteiger partial charge in [0.2, 0.25) is 5.78 Å². The molecule has 2 rings (SSSR count). The molecule has 0 aromatic carbocycles. The van der Waals surface area contributed by atoms with Gasteiger partial charge in [-0.3, -0.25) is 9.59 Å². The van der Waals surface area contributed by atoms with Crippen LogP contribution in [0.25, 0.3) is 5.53 Å². The summed E-state index contributed by atoms with van der Waals surface area (Å²) >= 11 is 0. The molecule has 4 nitrogen and oxygen atoms in total. The minimum Gasteiger partial charge on any atom is -0.360 e. The molecule has 82 valence electrons. The van der Waals surface area contributed by atoms with Crippen LogP contribution in [0.1, 0.15) is 38.5 Å². The molecule has 1 spiro atoms. The first-order chi connectivity index (χ1) is 6.69. The van der Waals surface area contributed by atoms with Crippen molar-refractivity contribution in [3.63, 3.8) is 0 Å². The second-order valence-electron chi connectivity index (χ2n) is 4.22. The normalized spacial score (nSPS) is 23.9. The number of nitrogens with zero attached hydrogens (tertiary/aromatic N) is 2. The van der Waals surface area contributed by atoms with Crippen molar-refractivity contribution in [3.8, 4) is 0 Å². The first-order valence-electron chi connectivity index (χ1n) is 5.00. The Morgan fingerprint density at radius 3 is 2.20 bits per heavy atom. The summed E-state index contributed by atoms with van der Waals surface area (Å²) in [5.74, 6) is -0.524. The molecule has 0 radical (unpaired) electrons. The van der Waals surface area contributed by atoms with Crippen LogP contribution in [0.5, 0.6) is 0 Å². The largest absolute Gasteiger partial charge is 0.400 e. The Labute approximate surface area is 98.4 Å². The quantitative estimate of drug-likeness (QED) is 0.498. The average Bonchev–Trinajstić information content (AvgIpc) is 2.40. The topological polar surface area (TPSA) is 70.5 Å². The van der Waals surface area contributed by atoms with Crippen LogP contribution in [0, 0.1) is 5.41 Å². The number of carbonyl (C=O) groups excluding carboxylic acids is 2. The van der Waals surface area contributed by atoms with E-state index in [1.807, 2.05) is 0 Å². The Bertz CT molecular complexity index is 352. The summed E-state index contributed by atoms with van der Waals surface area (Å²) in [5, 5.41) is 0. The fraction of sp³-hybridized carbons (Fsp3) is 0.700. The Balaban J connectivity index is 0.00000112. The van der Waals surface area contributed by atoms with Gasteiger partial charge in [-0.1, -0.05) is 19.3 Å². The molecular weight excluding hydrogens is 260 g/mol. The van der Waals surface area contributed by atoms with Gasteiger partial charge in [-0.2, -0.15) is 4.79 Å². The molecule has 0 aliphatic heterocycles. The van der Waals surface area contributed by atoms with E-state index < -0.39 is 5.41 Å². The molecule has 0 saturated heterocycles. The van der Waals surface area contributed by atoms with E-state index in [4.69, 9.17) is 5.53 Å². The summed E-state index contributed by atoms with van der Waals surface area (Å²) in [7, 11) is 0. The van der Waals surface area contributed by atoms with Gasteiger partial charge in [-0.05, 0) is 12.8 Å². The molecule has 5 heteroatoms. The van der Waals surface area contributed by atoms with E-state index in [9.17, 15) is 9.59 Å².